The lowest BCUT2D eigenvalue weighted by atomic mass is 10.2. The Balaban J connectivity index is 1.59. The molecule has 0 radical (unpaired) electrons. The Morgan fingerprint density at radius 1 is 1.45 bits per heavy atom. The van der Waals surface area contributed by atoms with E-state index >= 15 is 0 Å². The molecule has 0 saturated carbocycles. The number of epoxide rings is 1. The van der Waals surface area contributed by atoms with Gasteiger partial charge in [-0.1, -0.05) is 11.6 Å². The molecule has 1 aromatic carbocycles. The number of thioether (sulfide) groups is 1. The summed E-state index contributed by atoms with van der Waals surface area (Å²) >= 11 is 7.64. The molecule has 1 amide bonds. The molecule has 0 bridgehead atoms. The van der Waals surface area contributed by atoms with Crippen molar-refractivity contribution in [2.45, 2.75) is 5.85 Å². The Labute approximate surface area is 135 Å². The van der Waals surface area contributed by atoms with Crippen molar-refractivity contribution in [3.63, 3.8) is 0 Å². The van der Waals surface area contributed by atoms with E-state index in [0.29, 0.717) is 23.1 Å². The number of nitrogens with zero attached hydrogens (tertiary/aromatic N) is 1. The molecule has 2 aromatic rings. The minimum absolute atomic E-state index is 0.367. The molecule has 3 heterocycles. The summed E-state index contributed by atoms with van der Waals surface area (Å²) in [6.45, 7) is 0.707. The van der Waals surface area contributed by atoms with E-state index in [-0.39, 0.29) is 5.91 Å². The Morgan fingerprint density at radius 2 is 2.27 bits per heavy atom. The van der Waals surface area contributed by atoms with E-state index in [1.54, 1.807) is 36.0 Å². The van der Waals surface area contributed by atoms with Crippen molar-refractivity contribution in [1.82, 2.24) is 15.2 Å². The van der Waals surface area contributed by atoms with Crippen LogP contribution in [0.1, 0.15) is 10.5 Å². The summed E-state index contributed by atoms with van der Waals surface area (Å²) in [4.78, 5) is 28.9. The smallest absolute Gasteiger partial charge is 0.393 e. The van der Waals surface area contributed by atoms with Gasteiger partial charge in [-0.3, -0.25) is 10.1 Å². The number of benzene rings is 1. The summed E-state index contributed by atoms with van der Waals surface area (Å²) in [5.41, 5.74) is 1.18. The highest BCUT2D eigenvalue weighted by molar-refractivity contribution is 7.99. The number of hydrogen-bond donors (Lipinski definition) is 2. The molecule has 1 aromatic heterocycles. The number of aromatic nitrogens is 1. The van der Waals surface area contributed by atoms with Crippen molar-refractivity contribution in [3.05, 3.63) is 35.0 Å². The van der Waals surface area contributed by atoms with E-state index in [0.717, 1.165) is 16.7 Å². The second-order valence-electron chi connectivity index (χ2n) is 5.20. The van der Waals surface area contributed by atoms with Crippen LogP contribution in [0.2, 0.25) is 5.02 Å². The summed E-state index contributed by atoms with van der Waals surface area (Å²) in [6.07, 6.45) is 0. The van der Waals surface area contributed by atoms with Crippen LogP contribution in [-0.2, 0) is 9.53 Å². The summed E-state index contributed by atoms with van der Waals surface area (Å²) < 4.78 is 5.08. The average molecular weight is 338 g/mol. The SMILES string of the molecule is O=C(NC1(N2CCSC2)OC1=O)c1cc2cc(Cl)ccc2[nH]1. The molecule has 0 spiro atoms. The third kappa shape index (κ3) is 2.16. The van der Waals surface area contributed by atoms with E-state index in [9.17, 15) is 9.59 Å². The number of fused-ring (bicyclic) bond motifs is 1. The van der Waals surface area contributed by atoms with Crippen LogP contribution in [0, 0.1) is 0 Å². The highest BCUT2D eigenvalue weighted by Gasteiger charge is 2.65. The van der Waals surface area contributed by atoms with Crippen LogP contribution in [0.25, 0.3) is 10.9 Å². The van der Waals surface area contributed by atoms with Gasteiger partial charge in [0.15, 0.2) is 0 Å². The number of cyclic esters (lactones) is 1. The fourth-order valence-corrected chi connectivity index (χ4v) is 3.76. The molecular formula is C14H12ClN3O3S. The Morgan fingerprint density at radius 3 is 2.95 bits per heavy atom. The molecule has 2 fully saturated rings. The monoisotopic (exact) mass is 337 g/mol. The first-order valence-corrected chi connectivity index (χ1v) is 8.29. The van der Waals surface area contributed by atoms with E-state index in [2.05, 4.69) is 10.3 Å². The van der Waals surface area contributed by atoms with Gasteiger partial charge in [0.25, 0.3) is 5.91 Å². The maximum atomic E-state index is 12.4. The number of ether oxygens (including phenoxy) is 1. The van der Waals surface area contributed by atoms with Crippen LogP contribution in [0.5, 0.6) is 0 Å². The third-order valence-electron chi connectivity index (χ3n) is 3.78. The highest BCUT2D eigenvalue weighted by atomic mass is 35.5. The standard InChI is InChI=1S/C14H12ClN3O3S/c15-9-1-2-10-8(5-9)6-11(16-10)12(19)17-14(13(20)21-14)18-3-4-22-7-18/h1-2,5-6,16H,3-4,7H2,(H,17,19). The van der Waals surface area contributed by atoms with Gasteiger partial charge in [-0.05, 0) is 24.3 Å². The number of carbonyl (C=O) groups excluding carboxylic acids is 2. The maximum absolute atomic E-state index is 12.4. The van der Waals surface area contributed by atoms with Gasteiger partial charge in [0.2, 0.25) is 0 Å². The predicted octanol–water partition coefficient (Wildman–Crippen LogP) is 1.77. The Hall–Kier alpha value is -1.70. The van der Waals surface area contributed by atoms with Crippen molar-refractivity contribution >= 4 is 46.1 Å². The van der Waals surface area contributed by atoms with Crippen LogP contribution < -0.4 is 5.32 Å². The molecule has 22 heavy (non-hydrogen) atoms. The number of halogens is 1. The van der Waals surface area contributed by atoms with Crippen molar-refractivity contribution in [2.75, 3.05) is 18.2 Å². The normalized spacial score (nSPS) is 24.5. The topological polar surface area (TPSA) is 77.7 Å². The van der Waals surface area contributed by atoms with Gasteiger partial charge in [-0.2, -0.15) is 0 Å². The fourth-order valence-electron chi connectivity index (χ4n) is 2.57. The summed E-state index contributed by atoms with van der Waals surface area (Å²) in [7, 11) is 0. The lowest BCUT2D eigenvalue weighted by Crippen LogP contribution is -2.51. The van der Waals surface area contributed by atoms with Crippen LogP contribution in [-0.4, -0.2) is 45.8 Å². The van der Waals surface area contributed by atoms with E-state index in [1.807, 2.05) is 4.90 Å². The number of amides is 1. The van der Waals surface area contributed by atoms with Crippen LogP contribution in [0.15, 0.2) is 24.3 Å². The van der Waals surface area contributed by atoms with Gasteiger partial charge in [0.1, 0.15) is 5.69 Å². The van der Waals surface area contributed by atoms with Crippen molar-refractivity contribution in [2.24, 2.45) is 0 Å². The predicted molar refractivity (Wildman–Crippen MR) is 83.6 cm³/mol. The van der Waals surface area contributed by atoms with Gasteiger partial charge < -0.3 is 9.72 Å². The number of aromatic amines is 1. The van der Waals surface area contributed by atoms with Gasteiger partial charge in [0, 0.05) is 28.2 Å². The van der Waals surface area contributed by atoms with E-state index < -0.39 is 11.8 Å². The third-order valence-corrected chi connectivity index (χ3v) is 4.98. The second kappa shape index (κ2) is 4.91. The Bertz CT molecular complexity index is 787. The maximum Gasteiger partial charge on any atom is 0.393 e. The molecule has 2 aliphatic rings. The van der Waals surface area contributed by atoms with E-state index in [4.69, 9.17) is 16.3 Å². The van der Waals surface area contributed by atoms with Gasteiger partial charge in [-0.25, -0.2) is 9.69 Å². The molecule has 2 aliphatic heterocycles. The number of H-pyrrole nitrogens is 1. The summed E-state index contributed by atoms with van der Waals surface area (Å²) in [5, 5.41) is 4.13. The van der Waals surface area contributed by atoms with E-state index in [1.165, 1.54) is 0 Å². The Kier molecular flexibility index (Phi) is 3.11. The quantitative estimate of drug-likeness (QED) is 0.835. The minimum atomic E-state index is -1.28. The first kappa shape index (κ1) is 13.9. The molecule has 0 aliphatic carbocycles. The minimum Gasteiger partial charge on any atom is -0.408 e. The molecule has 6 nitrogen and oxygen atoms in total. The first-order valence-electron chi connectivity index (χ1n) is 6.75. The van der Waals surface area contributed by atoms with Crippen LogP contribution >= 0.6 is 23.4 Å². The number of carbonyl (C=O) groups is 2. The van der Waals surface area contributed by atoms with Gasteiger partial charge >= 0.3 is 11.8 Å². The molecule has 1 unspecified atom stereocenters. The molecule has 114 valence electrons. The van der Waals surface area contributed by atoms with Gasteiger partial charge in [0.05, 0.1) is 5.88 Å². The molecule has 8 heteroatoms. The lowest BCUT2D eigenvalue weighted by Gasteiger charge is -2.20. The highest BCUT2D eigenvalue weighted by Crippen LogP contribution is 2.35. The molecule has 2 saturated heterocycles. The molecule has 1 atom stereocenters. The first-order chi connectivity index (χ1) is 10.6. The van der Waals surface area contributed by atoms with Crippen molar-refractivity contribution in [1.29, 1.82) is 0 Å². The van der Waals surface area contributed by atoms with Crippen LogP contribution in [0.4, 0.5) is 0 Å². The fraction of sp³-hybridized carbons (Fsp3) is 0.286. The lowest BCUT2D eigenvalue weighted by molar-refractivity contribution is -0.117. The molecule has 4 rings (SSSR count). The largest absolute Gasteiger partial charge is 0.408 e. The van der Waals surface area contributed by atoms with Gasteiger partial charge in [-0.15, -0.1) is 11.8 Å². The summed E-state index contributed by atoms with van der Waals surface area (Å²) in [5.74, 6) is -0.499. The average Bonchev–Trinajstić information content (AvgIpc) is 2.95. The zero-order valence-corrected chi connectivity index (χ0v) is 13.0. The van der Waals surface area contributed by atoms with Crippen LogP contribution in [0.3, 0.4) is 0 Å². The second-order valence-corrected chi connectivity index (χ2v) is 6.71. The van der Waals surface area contributed by atoms with Crippen molar-refractivity contribution in [3.8, 4) is 0 Å². The molecular weight excluding hydrogens is 326 g/mol. The number of rotatable bonds is 3. The zero-order chi connectivity index (χ0) is 15.3. The summed E-state index contributed by atoms with van der Waals surface area (Å²) in [6, 6.07) is 7.03. The number of nitrogens with one attached hydrogen (secondary N) is 2. The zero-order valence-electron chi connectivity index (χ0n) is 11.4. The van der Waals surface area contributed by atoms with Crippen molar-refractivity contribution < 1.29 is 14.3 Å². The number of hydrogen-bond acceptors (Lipinski definition) is 5. The molecule has 2 N–H and O–H groups in total.